The SMILES string of the molecule is C#Cc1ccc(-c2cccc([C@H](C)NC(=O)OC(C)(C)C)c2)cc1. The van der Waals surface area contributed by atoms with E-state index in [-0.39, 0.29) is 6.04 Å². The van der Waals surface area contributed by atoms with Gasteiger partial charge in [0.05, 0.1) is 6.04 Å². The predicted molar refractivity (Wildman–Crippen MR) is 97.6 cm³/mol. The van der Waals surface area contributed by atoms with Gasteiger partial charge in [0.1, 0.15) is 5.60 Å². The number of hydrogen-bond acceptors (Lipinski definition) is 2. The van der Waals surface area contributed by atoms with Crippen LogP contribution in [0.5, 0.6) is 0 Å². The zero-order chi connectivity index (χ0) is 17.7. The second-order valence-corrected chi connectivity index (χ2v) is 6.72. The van der Waals surface area contributed by atoms with Crippen LogP contribution in [0.15, 0.2) is 48.5 Å². The third-order valence-corrected chi connectivity index (χ3v) is 3.50. The summed E-state index contributed by atoms with van der Waals surface area (Å²) in [7, 11) is 0. The van der Waals surface area contributed by atoms with E-state index in [0.29, 0.717) is 0 Å². The van der Waals surface area contributed by atoms with Gasteiger partial charge >= 0.3 is 6.09 Å². The second kappa shape index (κ2) is 7.23. The smallest absolute Gasteiger partial charge is 0.408 e. The molecule has 1 amide bonds. The molecular weight excluding hydrogens is 298 g/mol. The molecule has 3 heteroatoms. The number of rotatable bonds is 3. The van der Waals surface area contributed by atoms with Crippen molar-refractivity contribution >= 4 is 6.09 Å². The largest absolute Gasteiger partial charge is 0.444 e. The van der Waals surface area contributed by atoms with Crippen LogP contribution in [-0.4, -0.2) is 11.7 Å². The number of terminal acetylenes is 1. The molecule has 0 saturated heterocycles. The van der Waals surface area contributed by atoms with Crippen molar-refractivity contribution in [1.29, 1.82) is 0 Å². The van der Waals surface area contributed by atoms with Gasteiger partial charge in [-0.3, -0.25) is 0 Å². The molecule has 0 bridgehead atoms. The summed E-state index contributed by atoms with van der Waals surface area (Å²) >= 11 is 0. The number of ether oxygens (including phenoxy) is 1. The Kier molecular flexibility index (Phi) is 5.31. The molecule has 0 heterocycles. The molecule has 2 rings (SSSR count). The van der Waals surface area contributed by atoms with Crippen LogP contribution in [0.4, 0.5) is 4.79 Å². The molecule has 0 aliphatic rings. The number of carbonyl (C=O) groups is 1. The molecule has 0 aliphatic heterocycles. The Hall–Kier alpha value is -2.73. The molecule has 124 valence electrons. The van der Waals surface area contributed by atoms with Gasteiger partial charge in [-0.2, -0.15) is 0 Å². The molecular formula is C21H23NO2. The van der Waals surface area contributed by atoms with Crippen molar-refractivity contribution in [3.05, 3.63) is 59.7 Å². The van der Waals surface area contributed by atoms with Crippen molar-refractivity contribution in [2.24, 2.45) is 0 Å². The van der Waals surface area contributed by atoms with Crippen molar-refractivity contribution in [3.8, 4) is 23.5 Å². The van der Waals surface area contributed by atoms with E-state index in [4.69, 9.17) is 11.2 Å². The summed E-state index contributed by atoms with van der Waals surface area (Å²) in [6.45, 7) is 7.47. The summed E-state index contributed by atoms with van der Waals surface area (Å²) in [5.41, 5.74) is 3.52. The Labute approximate surface area is 144 Å². The molecule has 24 heavy (non-hydrogen) atoms. The molecule has 0 radical (unpaired) electrons. The zero-order valence-electron chi connectivity index (χ0n) is 14.6. The number of nitrogens with one attached hydrogen (secondary N) is 1. The van der Waals surface area contributed by atoms with Crippen molar-refractivity contribution < 1.29 is 9.53 Å². The Morgan fingerprint density at radius 2 is 1.79 bits per heavy atom. The summed E-state index contributed by atoms with van der Waals surface area (Å²) in [5, 5.41) is 2.86. The van der Waals surface area contributed by atoms with E-state index in [1.54, 1.807) is 0 Å². The Morgan fingerprint density at radius 3 is 2.38 bits per heavy atom. The molecule has 0 aliphatic carbocycles. The van der Waals surface area contributed by atoms with E-state index < -0.39 is 11.7 Å². The summed E-state index contributed by atoms with van der Waals surface area (Å²) in [4.78, 5) is 11.9. The lowest BCUT2D eigenvalue weighted by molar-refractivity contribution is 0.0508. The molecule has 1 atom stereocenters. The molecule has 0 spiro atoms. The highest BCUT2D eigenvalue weighted by molar-refractivity contribution is 5.69. The van der Waals surface area contributed by atoms with Gasteiger partial charge in [0.2, 0.25) is 0 Å². The van der Waals surface area contributed by atoms with Crippen molar-refractivity contribution in [2.75, 3.05) is 0 Å². The fourth-order valence-corrected chi connectivity index (χ4v) is 2.31. The number of amides is 1. The molecule has 0 saturated carbocycles. The topological polar surface area (TPSA) is 38.3 Å². The fraction of sp³-hybridized carbons (Fsp3) is 0.286. The van der Waals surface area contributed by atoms with Gasteiger partial charge < -0.3 is 10.1 Å². The number of alkyl carbamates (subject to hydrolysis) is 1. The Morgan fingerprint density at radius 1 is 1.12 bits per heavy atom. The Bertz CT molecular complexity index is 749. The number of carbonyl (C=O) groups excluding carboxylic acids is 1. The maximum absolute atomic E-state index is 11.9. The highest BCUT2D eigenvalue weighted by Gasteiger charge is 2.18. The maximum Gasteiger partial charge on any atom is 0.408 e. The van der Waals surface area contributed by atoms with E-state index in [0.717, 1.165) is 22.3 Å². The number of hydrogen-bond donors (Lipinski definition) is 1. The van der Waals surface area contributed by atoms with Crippen LogP contribution in [-0.2, 0) is 4.74 Å². The quantitative estimate of drug-likeness (QED) is 0.815. The molecule has 0 fully saturated rings. The van der Waals surface area contributed by atoms with Crippen LogP contribution in [0.25, 0.3) is 11.1 Å². The minimum absolute atomic E-state index is 0.148. The first-order valence-electron chi connectivity index (χ1n) is 7.95. The van der Waals surface area contributed by atoms with Gasteiger partial charge in [0.25, 0.3) is 0 Å². The van der Waals surface area contributed by atoms with Crippen LogP contribution >= 0.6 is 0 Å². The Balaban J connectivity index is 2.14. The average molecular weight is 321 g/mol. The summed E-state index contributed by atoms with van der Waals surface area (Å²) in [6, 6.07) is 15.8. The van der Waals surface area contributed by atoms with Gasteiger partial charge in [0.15, 0.2) is 0 Å². The van der Waals surface area contributed by atoms with E-state index in [2.05, 4.69) is 17.3 Å². The molecule has 2 aromatic carbocycles. The minimum Gasteiger partial charge on any atom is -0.444 e. The minimum atomic E-state index is -0.509. The monoisotopic (exact) mass is 321 g/mol. The van der Waals surface area contributed by atoms with Crippen LogP contribution in [0, 0.1) is 12.3 Å². The van der Waals surface area contributed by atoms with Crippen LogP contribution in [0.3, 0.4) is 0 Å². The number of benzene rings is 2. The molecule has 3 nitrogen and oxygen atoms in total. The van der Waals surface area contributed by atoms with Crippen molar-refractivity contribution in [2.45, 2.75) is 39.3 Å². The maximum atomic E-state index is 11.9. The second-order valence-electron chi connectivity index (χ2n) is 6.72. The first kappa shape index (κ1) is 17.6. The third-order valence-electron chi connectivity index (χ3n) is 3.50. The summed E-state index contributed by atoms with van der Waals surface area (Å²) < 4.78 is 5.30. The van der Waals surface area contributed by atoms with Crippen LogP contribution < -0.4 is 5.32 Å². The van der Waals surface area contributed by atoms with E-state index in [1.165, 1.54) is 0 Å². The van der Waals surface area contributed by atoms with Gasteiger partial charge in [-0.05, 0) is 62.6 Å². The van der Waals surface area contributed by atoms with Gasteiger partial charge in [0, 0.05) is 5.56 Å². The molecule has 1 N–H and O–H groups in total. The fourth-order valence-electron chi connectivity index (χ4n) is 2.31. The van der Waals surface area contributed by atoms with Crippen LogP contribution in [0.1, 0.15) is 44.9 Å². The first-order valence-corrected chi connectivity index (χ1v) is 7.95. The summed E-state index contributed by atoms with van der Waals surface area (Å²) in [6.07, 6.45) is 4.97. The van der Waals surface area contributed by atoms with Crippen LogP contribution in [0.2, 0.25) is 0 Å². The molecule has 2 aromatic rings. The van der Waals surface area contributed by atoms with E-state index >= 15 is 0 Å². The average Bonchev–Trinajstić information content (AvgIpc) is 2.53. The van der Waals surface area contributed by atoms with Crippen molar-refractivity contribution in [3.63, 3.8) is 0 Å². The predicted octanol–water partition coefficient (Wildman–Crippen LogP) is 4.92. The van der Waals surface area contributed by atoms with E-state index in [9.17, 15) is 4.79 Å². The standard InChI is InChI=1S/C21H23NO2/c1-6-16-10-12-17(13-11-16)19-9-7-8-18(14-19)15(2)22-20(23)24-21(3,4)5/h1,7-15H,2-5H3,(H,22,23)/t15-/m0/s1. The zero-order valence-corrected chi connectivity index (χ0v) is 14.6. The lowest BCUT2D eigenvalue weighted by atomic mass is 9.99. The molecule has 0 aromatic heterocycles. The normalized spacial score (nSPS) is 12.1. The van der Waals surface area contributed by atoms with Crippen molar-refractivity contribution in [1.82, 2.24) is 5.32 Å². The first-order chi connectivity index (χ1) is 11.3. The van der Waals surface area contributed by atoms with Gasteiger partial charge in [-0.25, -0.2) is 4.79 Å². The lowest BCUT2D eigenvalue weighted by Crippen LogP contribution is -2.34. The summed E-state index contributed by atoms with van der Waals surface area (Å²) in [5.74, 6) is 2.61. The van der Waals surface area contributed by atoms with E-state index in [1.807, 2.05) is 70.2 Å². The highest BCUT2D eigenvalue weighted by atomic mass is 16.6. The van der Waals surface area contributed by atoms with Gasteiger partial charge in [-0.15, -0.1) is 6.42 Å². The van der Waals surface area contributed by atoms with Gasteiger partial charge in [-0.1, -0.05) is 36.3 Å². The third kappa shape index (κ3) is 4.89. The lowest BCUT2D eigenvalue weighted by Gasteiger charge is -2.22. The highest BCUT2D eigenvalue weighted by Crippen LogP contribution is 2.24. The molecule has 0 unspecified atom stereocenters.